The van der Waals surface area contributed by atoms with E-state index in [2.05, 4.69) is 10.1 Å². The average Bonchev–Trinajstić information content (AvgIpc) is 2.52. The van der Waals surface area contributed by atoms with Gasteiger partial charge in [-0.05, 0) is 20.8 Å². The van der Waals surface area contributed by atoms with Crippen molar-refractivity contribution in [3.05, 3.63) is 0 Å². The van der Waals surface area contributed by atoms with E-state index >= 15 is 0 Å². The second kappa shape index (κ2) is 5.87. The number of esters is 1. The van der Waals surface area contributed by atoms with E-state index in [1.54, 1.807) is 20.8 Å². The van der Waals surface area contributed by atoms with Crippen LogP contribution in [0.4, 0.5) is 4.79 Å². The van der Waals surface area contributed by atoms with Gasteiger partial charge in [-0.15, -0.1) is 0 Å². The van der Waals surface area contributed by atoms with Gasteiger partial charge in [0.15, 0.2) is 6.10 Å². The van der Waals surface area contributed by atoms with Gasteiger partial charge in [0.05, 0.1) is 6.42 Å². The van der Waals surface area contributed by atoms with Crippen molar-refractivity contribution in [2.45, 2.75) is 38.9 Å². The highest BCUT2D eigenvalue weighted by Crippen LogP contribution is 2.14. The Morgan fingerprint density at radius 3 is 2.45 bits per heavy atom. The van der Waals surface area contributed by atoms with Crippen LogP contribution in [0.15, 0.2) is 0 Å². The molecule has 1 unspecified atom stereocenters. The summed E-state index contributed by atoms with van der Waals surface area (Å²) in [6.45, 7) is 4.45. The van der Waals surface area contributed by atoms with Gasteiger partial charge in [0.1, 0.15) is 12.1 Å². The molecule has 1 aliphatic heterocycles. The summed E-state index contributed by atoms with van der Waals surface area (Å²) >= 11 is 0. The lowest BCUT2D eigenvalue weighted by Crippen LogP contribution is -2.38. The number of nitrogens with one attached hydrogen (secondary N) is 1. The van der Waals surface area contributed by atoms with Crippen molar-refractivity contribution in [2.24, 2.45) is 0 Å². The first-order chi connectivity index (χ1) is 9.10. The third-order valence-electron chi connectivity index (χ3n) is 2.13. The first-order valence-corrected chi connectivity index (χ1v) is 5.82. The third-order valence-corrected chi connectivity index (χ3v) is 2.13. The van der Waals surface area contributed by atoms with E-state index in [0.717, 1.165) is 0 Å². The maximum atomic E-state index is 11.4. The monoisotopic (exact) mass is 288 g/mol. The molecule has 1 fully saturated rings. The molecule has 0 spiro atoms. The van der Waals surface area contributed by atoms with Crippen LogP contribution in [0.1, 0.15) is 27.2 Å². The minimum atomic E-state index is -1.36. The molecule has 1 saturated heterocycles. The Balaban J connectivity index is 2.36. The highest BCUT2D eigenvalue weighted by Gasteiger charge is 2.40. The number of hydroxylamine groups is 2. The van der Waals surface area contributed by atoms with E-state index in [-0.39, 0.29) is 5.06 Å². The molecule has 1 aliphatic rings. The molecule has 1 atom stereocenters. The number of imide groups is 1. The zero-order valence-corrected chi connectivity index (χ0v) is 11.3. The van der Waals surface area contributed by atoms with Crippen LogP contribution >= 0.6 is 0 Å². The topological polar surface area (TPSA) is 122 Å². The van der Waals surface area contributed by atoms with Gasteiger partial charge < -0.3 is 14.8 Å². The summed E-state index contributed by atoms with van der Waals surface area (Å²) in [6, 6.07) is 0. The van der Waals surface area contributed by atoms with Crippen LogP contribution in [0.3, 0.4) is 0 Å². The number of carbonyl (C=O) groups is 4. The van der Waals surface area contributed by atoms with Crippen LogP contribution in [-0.4, -0.2) is 52.4 Å². The molecule has 0 aromatic rings. The number of alkyl carbamates (subject to hydrolysis) is 1. The van der Waals surface area contributed by atoms with Crippen LogP contribution in [0.25, 0.3) is 0 Å². The molecule has 0 saturated carbocycles. The van der Waals surface area contributed by atoms with Crippen LogP contribution in [0.5, 0.6) is 0 Å². The predicted octanol–water partition coefficient (Wildman–Crippen LogP) is -0.429. The average molecular weight is 288 g/mol. The highest BCUT2D eigenvalue weighted by atomic mass is 16.6. The molecular weight excluding hydrogens is 272 g/mol. The molecule has 0 radical (unpaired) electrons. The number of carbonyl (C=O) groups excluding carboxylic acids is 4. The number of nitrogens with zero attached hydrogens (tertiary/aromatic N) is 1. The van der Waals surface area contributed by atoms with Crippen molar-refractivity contribution in [3.8, 4) is 0 Å². The molecule has 9 nitrogen and oxygen atoms in total. The van der Waals surface area contributed by atoms with Crippen molar-refractivity contribution < 1.29 is 33.9 Å². The standard InChI is InChI=1S/C11H16N2O7/c1-11(2,3)20-10(17)12-5-8(15)19-6-4-7(14)13(18)9(6)16/h6,18H,4-5H2,1-3H3,(H,12,17). The van der Waals surface area contributed by atoms with Crippen molar-refractivity contribution in [1.29, 1.82) is 0 Å². The Morgan fingerprint density at radius 1 is 1.40 bits per heavy atom. The SMILES string of the molecule is CC(C)(C)OC(=O)NCC(=O)OC1CC(=O)N(O)C1=O. The summed E-state index contributed by atoms with van der Waals surface area (Å²) in [5.41, 5.74) is -0.709. The lowest BCUT2D eigenvalue weighted by Gasteiger charge is -2.19. The molecule has 9 heteroatoms. The number of amides is 3. The molecule has 0 aromatic heterocycles. The molecule has 1 heterocycles. The van der Waals surface area contributed by atoms with Gasteiger partial charge in [-0.25, -0.2) is 4.79 Å². The highest BCUT2D eigenvalue weighted by molar-refractivity contribution is 6.04. The fourth-order valence-electron chi connectivity index (χ4n) is 1.34. The lowest BCUT2D eigenvalue weighted by atomic mass is 10.2. The molecule has 0 aromatic carbocycles. The number of hydrogen-bond acceptors (Lipinski definition) is 7. The third kappa shape index (κ3) is 4.50. The maximum absolute atomic E-state index is 11.4. The zero-order chi connectivity index (χ0) is 15.5. The molecule has 20 heavy (non-hydrogen) atoms. The summed E-state index contributed by atoms with van der Waals surface area (Å²) in [4.78, 5) is 44.8. The Hall–Kier alpha value is -2.16. The Kier molecular flexibility index (Phi) is 4.66. The van der Waals surface area contributed by atoms with Gasteiger partial charge in [-0.3, -0.25) is 19.6 Å². The fourth-order valence-corrected chi connectivity index (χ4v) is 1.34. The van der Waals surface area contributed by atoms with Crippen molar-refractivity contribution in [1.82, 2.24) is 10.4 Å². The van der Waals surface area contributed by atoms with E-state index < -0.39 is 48.5 Å². The van der Waals surface area contributed by atoms with E-state index in [4.69, 9.17) is 9.94 Å². The first kappa shape index (κ1) is 15.9. The number of ether oxygens (including phenoxy) is 2. The van der Waals surface area contributed by atoms with Crippen LogP contribution < -0.4 is 5.32 Å². The van der Waals surface area contributed by atoms with E-state index in [0.29, 0.717) is 0 Å². The van der Waals surface area contributed by atoms with Crippen LogP contribution in [-0.2, 0) is 23.9 Å². The largest absolute Gasteiger partial charge is 0.450 e. The number of rotatable bonds is 3. The number of hydrogen-bond donors (Lipinski definition) is 2. The fraction of sp³-hybridized carbons (Fsp3) is 0.636. The van der Waals surface area contributed by atoms with Crippen molar-refractivity contribution in [2.75, 3.05) is 6.54 Å². The molecule has 2 N–H and O–H groups in total. The molecule has 0 aliphatic carbocycles. The Labute approximate surface area is 114 Å². The maximum Gasteiger partial charge on any atom is 0.408 e. The summed E-state index contributed by atoms with van der Waals surface area (Å²) in [6.07, 6.45) is -2.60. The molecular formula is C11H16N2O7. The molecule has 112 valence electrons. The summed E-state index contributed by atoms with van der Waals surface area (Å²) in [7, 11) is 0. The quantitative estimate of drug-likeness (QED) is 0.410. The van der Waals surface area contributed by atoms with Crippen molar-refractivity contribution >= 4 is 23.9 Å². The van der Waals surface area contributed by atoms with Gasteiger partial charge >= 0.3 is 12.1 Å². The minimum Gasteiger partial charge on any atom is -0.450 e. The van der Waals surface area contributed by atoms with Crippen molar-refractivity contribution in [3.63, 3.8) is 0 Å². The van der Waals surface area contributed by atoms with Gasteiger partial charge in [0, 0.05) is 0 Å². The predicted molar refractivity (Wildman–Crippen MR) is 62.4 cm³/mol. The smallest absolute Gasteiger partial charge is 0.408 e. The second-order valence-corrected chi connectivity index (χ2v) is 5.08. The van der Waals surface area contributed by atoms with Gasteiger partial charge in [0.2, 0.25) is 0 Å². The zero-order valence-electron chi connectivity index (χ0n) is 11.3. The van der Waals surface area contributed by atoms with Crippen LogP contribution in [0.2, 0.25) is 0 Å². The molecule has 0 bridgehead atoms. The lowest BCUT2D eigenvalue weighted by molar-refractivity contribution is -0.176. The summed E-state index contributed by atoms with van der Waals surface area (Å²) in [5.74, 6) is -2.79. The summed E-state index contributed by atoms with van der Waals surface area (Å²) in [5, 5.41) is 11.0. The summed E-state index contributed by atoms with van der Waals surface area (Å²) < 4.78 is 9.55. The minimum absolute atomic E-state index is 0.0980. The van der Waals surface area contributed by atoms with E-state index in [1.807, 2.05) is 0 Å². The van der Waals surface area contributed by atoms with E-state index in [1.165, 1.54) is 0 Å². The van der Waals surface area contributed by atoms with Gasteiger partial charge in [0.25, 0.3) is 11.8 Å². The second-order valence-electron chi connectivity index (χ2n) is 5.08. The normalized spacial score (nSPS) is 19.0. The first-order valence-electron chi connectivity index (χ1n) is 5.82. The molecule has 3 amide bonds. The van der Waals surface area contributed by atoms with Gasteiger partial charge in [-0.1, -0.05) is 0 Å². The van der Waals surface area contributed by atoms with Gasteiger partial charge in [-0.2, -0.15) is 5.06 Å². The molecule has 1 rings (SSSR count). The van der Waals surface area contributed by atoms with E-state index in [9.17, 15) is 19.2 Å². The Bertz CT molecular complexity index is 441. The van der Waals surface area contributed by atoms with Crippen LogP contribution in [0, 0.1) is 0 Å². The Morgan fingerprint density at radius 2 is 2.00 bits per heavy atom.